The van der Waals surface area contributed by atoms with Crippen molar-refractivity contribution in [3.8, 4) is 0 Å². The molecule has 3 rings (SSSR count). The molecule has 1 fully saturated rings. The Kier molecular flexibility index (Phi) is 4.73. The molecule has 1 atom stereocenters. The van der Waals surface area contributed by atoms with Crippen molar-refractivity contribution in [2.24, 2.45) is 17.3 Å². The van der Waals surface area contributed by atoms with Crippen molar-refractivity contribution in [1.29, 1.82) is 0 Å². The van der Waals surface area contributed by atoms with Crippen LogP contribution in [0.15, 0.2) is 0 Å². The molecule has 23 heavy (non-hydrogen) atoms. The molecule has 1 saturated carbocycles. The Bertz CT molecular complexity index is 584. The molecule has 0 aliphatic heterocycles. The Morgan fingerprint density at radius 1 is 1.30 bits per heavy atom. The smallest absolute Gasteiger partial charge is 0.228 e. The molecule has 4 heteroatoms. The zero-order valence-corrected chi connectivity index (χ0v) is 15.5. The topological polar surface area (TPSA) is 55.1 Å². The monoisotopic (exact) mass is 334 g/mol. The number of nitrogens with one attached hydrogen (secondary N) is 1. The molecule has 1 aromatic rings. The van der Waals surface area contributed by atoms with Gasteiger partial charge < -0.3 is 11.1 Å². The quantitative estimate of drug-likeness (QED) is 0.814. The second-order valence-electron chi connectivity index (χ2n) is 8.00. The van der Waals surface area contributed by atoms with Gasteiger partial charge in [-0.15, -0.1) is 11.3 Å². The Hall–Kier alpha value is -1.03. The van der Waals surface area contributed by atoms with E-state index in [2.05, 4.69) is 26.1 Å². The van der Waals surface area contributed by atoms with Crippen molar-refractivity contribution in [2.45, 2.75) is 72.1 Å². The minimum atomic E-state index is 0.179. The number of carbonyl (C=O) groups is 1. The van der Waals surface area contributed by atoms with Crippen LogP contribution >= 0.6 is 11.3 Å². The predicted octanol–water partition coefficient (Wildman–Crippen LogP) is 5.00. The maximum Gasteiger partial charge on any atom is 0.228 e. The van der Waals surface area contributed by atoms with Gasteiger partial charge in [-0.2, -0.15) is 0 Å². The normalized spacial score (nSPS) is 22.1. The third kappa shape index (κ3) is 3.28. The molecule has 0 aromatic carbocycles. The molecule has 0 radical (unpaired) electrons. The van der Waals surface area contributed by atoms with E-state index in [0.717, 1.165) is 42.3 Å². The van der Waals surface area contributed by atoms with Crippen molar-refractivity contribution >= 4 is 27.9 Å². The summed E-state index contributed by atoms with van der Waals surface area (Å²) in [4.78, 5) is 13.8. The number of thiophene rings is 1. The van der Waals surface area contributed by atoms with Crippen LogP contribution in [0, 0.1) is 17.3 Å². The highest BCUT2D eigenvalue weighted by molar-refractivity contribution is 7.17. The number of hydrogen-bond donors (Lipinski definition) is 2. The number of nitrogen functional groups attached to an aromatic ring is 1. The number of anilines is 2. The summed E-state index contributed by atoms with van der Waals surface area (Å²) in [6.45, 7) is 7.04. The second-order valence-corrected chi connectivity index (χ2v) is 9.10. The molecular weight excluding hydrogens is 304 g/mol. The summed E-state index contributed by atoms with van der Waals surface area (Å²) >= 11 is 1.72. The highest BCUT2D eigenvalue weighted by atomic mass is 32.1. The average Bonchev–Trinajstić information content (AvgIpc) is 3.16. The lowest BCUT2D eigenvalue weighted by atomic mass is 9.70. The van der Waals surface area contributed by atoms with E-state index in [1.54, 1.807) is 11.3 Å². The van der Waals surface area contributed by atoms with Gasteiger partial charge in [0, 0.05) is 10.8 Å². The first-order valence-corrected chi connectivity index (χ1v) is 9.95. The first-order chi connectivity index (χ1) is 10.9. The van der Waals surface area contributed by atoms with E-state index in [1.807, 2.05) is 0 Å². The Balaban J connectivity index is 1.74. The maximum absolute atomic E-state index is 12.4. The zero-order valence-electron chi connectivity index (χ0n) is 14.7. The highest BCUT2D eigenvalue weighted by Crippen LogP contribution is 2.46. The van der Waals surface area contributed by atoms with Crippen molar-refractivity contribution in [1.82, 2.24) is 0 Å². The Morgan fingerprint density at radius 3 is 2.65 bits per heavy atom. The van der Waals surface area contributed by atoms with Crippen molar-refractivity contribution in [3.05, 3.63) is 10.4 Å². The first-order valence-electron chi connectivity index (χ1n) is 9.13. The number of fused-ring (bicyclic) bond motifs is 1. The van der Waals surface area contributed by atoms with Gasteiger partial charge in [-0.3, -0.25) is 4.79 Å². The average molecular weight is 335 g/mol. The van der Waals surface area contributed by atoms with Gasteiger partial charge in [-0.25, -0.2) is 0 Å². The molecule has 128 valence electrons. The summed E-state index contributed by atoms with van der Waals surface area (Å²) in [6.07, 6.45) is 9.02. The standard InChI is InChI=1S/C19H30N2OS/c1-4-19(2,3)13-9-10-14-15(11-13)23-18(16(14)20)21-17(22)12-7-5-6-8-12/h12-13H,4-11,20H2,1-3H3,(H,21,22). The minimum absolute atomic E-state index is 0.179. The molecule has 1 aromatic heterocycles. The summed E-state index contributed by atoms with van der Waals surface area (Å²) in [7, 11) is 0. The molecule has 1 unspecified atom stereocenters. The minimum Gasteiger partial charge on any atom is -0.396 e. The first kappa shape index (κ1) is 16.8. The fourth-order valence-electron chi connectivity index (χ4n) is 4.06. The van der Waals surface area contributed by atoms with Crippen LogP contribution in [-0.2, 0) is 17.6 Å². The van der Waals surface area contributed by atoms with E-state index < -0.39 is 0 Å². The maximum atomic E-state index is 12.4. The van der Waals surface area contributed by atoms with Gasteiger partial charge in [-0.1, -0.05) is 40.0 Å². The SMILES string of the molecule is CCC(C)(C)C1CCc2c(sc(NC(=O)C3CCCC3)c2N)C1. The number of nitrogens with two attached hydrogens (primary N) is 1. The van der Waals surface area contributed by atoms with Crippen LogP contribution in [0.1, 0.15) is 69.7 Å². The molecule has 0 spiro atoms. The molecule has 3 nitrogen and oxygen atoms in total. The van der Waals surface area contributed by atoms with E-state index in [4.69, 9.17) is 5.73 Å². The van der Waals surface area contributed by atoms with E-state index in [9.17, 15) is 4.79 Å². The van der Waals surface area contributed by atoms with E-state index in [1.165, 1.54) is 36.1 Å². The molecule has 1 amide bonds. The third-order valence-corrected chi connectivity index (χ3v) is 7.47. The number of rotatable bonds is 4. The van der Waals surface area contributed by atoms with E-state index >= 15 is 0 Å². The number of amides is 1. The van der Waals surface area contributed by atoms with Crippen molar-refractivity contribution < 1.29 is 4.79 Å². The van der Waals surface area contributed by atoms with Crippen molar-refractivity contribution in [2.75, 3.05) is 11.1 Å². The van der Waals surface area contributed by atoms with E-state index in [-0.39, 0.29) is 11.8 Å². The number of hydrogen-bond acceptors (Lipinski definition) is 3. The summed E-state index contributed by atoms with van der Waals surface area (Å²) in [5.74, 6) is 1.09. The lowest BCUT2D eigenvalue weighted by Gasteiger charge is -2.36. The Labute approximate surface area is 144 Å². The van der Waals surface area contributed by atoms with Crippen molar-refractivity contribution in [3.63, 3.8) is 0 Å². The van der Waals surface area contributed by atoms with Crippen LogP contribution in [0.2, 0.25) is 0 Å². The van der Waals surface area contributed by atoms with Gasteiger partial charge >= 0.3 is 0 Å². The fourth-order valence-corrected chi connectivity index (χ4v) is 5.31. The molecule has 3 N–H and O–H groups in total. The third-order valence-electron chi connectivity index (χ3n) is 6.29. The lowest BCUT2D eigenvalue weighted by Crippen LogP contribution is -2.28. The van der Waals surface area contributed by atoms with Gasteiger partial charge in [0.15, 0.2) is 0 Å². The summed E-state index contributed by atoms with van der Waals surface area (Å²) in [5.41, 5.74) is 8.88. The number of carbonyl (C=O) groups excluding carboxylic acids is 1. The highest BCUT2D eigenvalue weighted by Gasteiger charge is 2.34. The van der Waals surface area contributed by atoms with Crippen LogP contribution in [-0.4, -0.2) is 5.91 Å². The molecule has 2 aliphatic rings. The summed E-state index contributed by atoms with van der Waals surface area (Å²) in [5, 5.41) is 4.04. The van der Waals surface area contributed by atoms with Gasteiger partial charge in [0.2, 0.25) is 5.91 Å². The van der Waals surface area contributed by atoms with Gasteiger partial charge in [-0.05, 0) is 49.0 Å². The van der Waals surface area contributed by atoms with Crippen LogP contribution in [0.3, 0.4) is 0 Å². The zero-order chi connectivity index (χ0) is 16.6. The second kappa shape index (κ2) is 6.46. The van der Waals surface area contributed by atoms with E-state index in [0.29, 0.717) is 5.41 Å². The van der Waals surface area contributed by atoms with Gasteiger partial charge in [0.25, 0.3) is 0 Å². The molecule has 0 bridgehead atoms. The summed E-state index contributed by atoms with van der Waals surface area (Å²) in [6, 6.07) is 0. The van der Waals surface area contributed by atoms with Crippen LogP contribution in [0.5, 0.6) is 0 Å². The molecule has 1 heterocycles. The molecule has 2 aliphatic carbocycles. The Morgan fingerprint density at radius 2 is 2.00 bits per heavy atom. The molecular formula is C19H30N2OS. The fraction of sp³-hybridized carbons (Fsp3) is 0.737. The van der Waals surface area contributed by atoms with Crippen LogP contribution < -0.4 is 11.1 Å². The van der Waals surface area contributed by atoms with Crippen LogP contribution in [0.4, 0.5) is 10.7 Å². The summed E-state index contributed by atoms with van der Waals surface area (Å²) < 4.78 is 0. The predicted molar refractivity (Wildman–Crippen MR) is 98.9 cm³/mol. The van der Waals surface area contributed by atoms with Gasteiger partial charge in [0.1, 0.15) is 5.00 Å². The largest absolute Gasteiger partial charge is 0.396 e. The molecule has 0 saturated heterocycles. The van der Waals surface area contributed by atoms with Crippen LogP contribution in [0.25, 0.3) is 0 Å². The van der Waals surface area contributed by atoms with Gasteiger partial charge in [0.05, 0.1) is 5.69 Å². The lowest BCUT2D eigenvalue weighted by molar-refractivity contribution is -0.119.